The summed E-state index contributed by atoms with van der Waals surface area (Å²) in [7, 11) is -5.03. The second-order valence-corrected chi connectivity index (χ2v) is 33.3. The second-order valence-electron chi connectivity index (χ2n) is 27.2. The average molecular weight is 1650 g/mol. The largest absolute Gasteiger partial charge is 0.463 e. The van der Waals surface area contributed by atoms with E-state index < -0.39 is 136 Å². The van der Waals surface area contributed by atoms with Gasteiger partial charge in [0.25, 0.3) is 17.3 Å². The van der Waals surface area contributed by atoms with Crippen molar-refractivity contribution in [2.75, 3.05) is 69.4 Å². The SMILES string of the molecule is CCCS(=O)(=O)Oc1c(C(=O)c2ccc3c(c2C)C(C)(C)CS3(=O)=O)cnn1C.CCOC(=O)COc1ncccc1Oc1cc(N2CN(C)C(C(F)(F)F)=CC2=O)c(F)cc1Cl.COCCOCc1nc(C(F)(F)F)ccc1C(=O)C1C(=O)CCCC1=O.Cc1c(C(=O)c2c[nH]n(C)c2=O)ccc2c1C(C)(C)CS2(=O)=O. The van der Waals surface area contributed by atoms with Gasteiger partial charge < -0.3 is 37.9 Å². The maximum Gasteiger partial charge on any atom is 0.433 e. The van der Waals surface area contributed by atoms with Gasteiger partial charge in [-0.05, 0) is 110 Å². The standard InChI is InChI=1S/C21H18ClF4N3O5.C19H24N2O6S2.C17H18F3NO5.C16H18N2O4S/c1-3-32-19(31)10-33-20-15(5-4-6-27-20)34-16-8-14(13(23)7-12(16)22)29-11-28(2)17(9-18(29)30)21(24,25)26;1-6-9-29(25,26)27-18-14(10-20-21(18)5)17(22)13-7-8-15-16(12(13)2)19(3,4)11-28(15,23)24;1-25-7-8-26-9-11-10(5-6-14(21-11)17(18,19)20)16(24)15-12(22)3-2-4-13(15)23;1-9-10(14(19)11-7-17-18(4)15(11)20)5-6-12-13(9)16(2,3)8-23(12,21)22/h4-9H,3,10-11H2,1-2H3;7-8,10H,6,9,11H2,1-5H3;5-6,15H,2-4,7-9H2,1H3;5-7,17H,8H2,1-4H3. The van der Waals surface area contributed by atoms with E-state index in [4.69, 9.17) is 39.5 Å². The zero-order valence-electron chi connectivity index (χ0n) is 62.4. The molecule has 4 aromatic heterocycles. The molecule has 1 amide bonds. The van der Waals surface area contributed by atoms with E-state index in [-0.39, 0.29) is 118 Å². The van der Waals surface area contributed by atoms with E-state index in [1.165, 1.54) is 85.6 Å². The van der Waals surface area contributed by atoms with Crippen molar-refractivity contribution in [1.29, 1.82) is 0 Å². The first-order valence-corrected chi connectivity index (χ1v) is 39.4. The Balaban J connectivity index is 0.000000189. The van der Waals surface area contributed by atoms with Crippen molar-refractivity contribution in [2.45, 2.75) is 121 Å². The molecular weight excluding hydrogens is 1570 g/mol. The first-order valence-electron chi connectivity index (χ1n) is 34.1. The minimum Gasteiger partial charge on any atom is -0.463 e. The number of carbonyl (C=O) groups excluding carboxylic acids is 7. The molecule has 0 saturated heterocycles. The van der Waals surface area contributed by atoms with E-state index >= 15 is 0 Å². The molecule has 604 valence electrons. The third-order valence-electron chi connectivity index (χ3n) is 17.9. The quantitative estimate of drug-likeness (QED) is 0.0164. The summed E-state index contributed by atoms with van der Waals surface area (Å²) in [6.07, 6.45) is -4.13. The number of sulfone groups is 2. The number of ketones is 5. The zero-order valence-corrected chi connectivity index (χ0v) is 65.6. The number of fused-ring (bicyclic) bond motifs is 2. The molecule has 0 atom stereocenters. The van der Waals surface area contributed by atoms with Crippen LogP contribution in [0.25, 0.3) is 0 Å². The number of hydrogen-bond donors (Lipinski definition) is 1. The molecule has 39 heteroatoms. The van der Waals surface area contributed by atoms with Crippen molar-refractivity contribution in [3.05, 3.63) is 174 Å². The second kappa shape index (κ2) is 34.5. The molecule has 0 bridgehead atoms. The van der Waals surface area contributed by atoms with Gasteiger partial charge >= 0.3 is 28.4 Å². The van der Waals surface area contributed by atoms with E-state index in [0.29, 0.717) is 63.3 Å². The predicted molar refractivity (Wildman–Crippen MR) is 388 cm³/mol. The van der Waals surface area contributed by atoms with Crippen LogP contribution in [0.3, 0.4) is 0 Å². The van der Waals surface area contributed by atoms with Crippen LogP contribution in [0, 0.1) is 25.6 Å². The molecule has 1 fully saturated rings. The van der Waals surface area contributed by atoms with Gasteiger partial charge in [-0.3, -0.25) is 43.1 Å². The minimum atomic E-state index is -4.75. The van der Waals surface area contributed by atoms with Crippen LogP contribution in [0.2, 0.25) is 5.02 Å². The first-order chi connectivity index (χ1) is 52.1. The van der Waals surface area contributed by atoms with Gasteiger partial charge in [-0.2, -0.15) is 39.9 Å². The number of ether oxygens (including phenoxy) is 5. The van der Waals surface area contributed by atoms with Gasteiger partial charge in [0.15, 0.2) is 60.9 Å². The molecule has 4 aliphatic rings. The minimum absolute atomic E-state index is 0.00704. The van der Waals surface area contributed by atoms with Crippen molar-refractivity contribution in [1.82, 2.24) is 34.4 Å². The maximum atomic E-state index is 14.7. The average Bonchev–Trinajstić information content (AvgIpc) is 1.58. The van der Waals surface area contributed by atoms with E-state index in [1.54, 1.807) is 27.7 Å². The number of alkyl halides is 6. The molecular formula is C73H78ClF7N8O20S3. The number of hydrogen-bond acceptors (Lipinski definition) is 24. The summed E-state index contributed by atoms with van der Waals surface area (Å²) in [5, 5.41) is 6.46. The summed E-state index contributed by atoms with van der Waals surface area (Å²) in [4.78, 5) is 108. The summed E-state index contributed by atoms with van der Waals surface area (Å²) in [5.41, 5.74) is -1.54. The fourth-order valence-electron chi connectivity index (χ4n) is 13.0. The molecule has 7 heterocycles. The number of carbonyl (C=O) groups is 7. The van der Waals surface area contributed by atoms with Gasteiger partial charge in [-0.15, -0.1) is 0 Å². The number of halogens is 8. The number of pyridine rings is 2. The Morgan fingerprint density at radius 3 is 1.88 bits per heavy atom. The maximum absolute atomic E-state index is 14.7. The summed E-state index contributed by atoms with van der Waals surface area (Å²) in [6, 6.07) is 12.4. The molecule has 0 spiro atoms. The van der Waals surface area contributed by atoms with Crippen LogP contribution in [0.5, 0.6) is 23.3 Å². The highest BCUT2D eigenvalue weighted by Gasteiger charge is 2.46. The number of nitrogens with zero attached hydrogens (tertiary/aromatic N) is 7. The third-order valence-corrected chi connectivity index (χ3v) is 23.7. The Labute approximate surface area is 643 Å². The van der Waals surface area contributed by atoms with Crippen LogP contribution in [-0.2, 0) is 101 Å². The number of esters is 1. The van der Waals surface area contributed by atoms with E-state index in [1.807, 2.05) is 27.7 Å². The molecule has 0 unspecified atom stereocenters. The number of methoxy groups -OCH3 is 1. The van der Waals surface area contributed by atoms with Crippen LogP contribution < -0.4 is 24.1 Å². The predicted octanol–water partition coefficient (Wildman–Crippen LogP) is 10.1. The van der Waals surface area contributed by atoms with Crippen LogP contribution in [-0.4, -0.2) is 171 Å². The number of aromatic amines is 1. The Hall–Kier alpha value is -10.0. The smallest absolute Gasteiger partial charge is 0.433 e. The first kappa shape index (κ1) is 87.6. The van der Waals surface area contributed by atoms with Gasteiger partial charge in [0.05, 0.1) is 82.7 Å². The van der Waals surface area contributed by atoms with E-state index in [9.17, 15) is 94.3 Å². The number of nitrogens with one attached hydrogen (secondary N) is 1. The molecule has 112 heavy (non-hydrogen) atoms. The lowest BCUT2D eigenvalue weighted by Crippen LogP contribution is -2.46. The summed E-state index contributed by atoms with van der Waals surface area (Å²) >= 11 is 6.08. The lowest BCUT2D eigenvalue weighted by Gasteiger charge is -2.35. The number of allylic oxidation sites excluding steroid dienone is 1. The molecule has 11 rings (SSSR count). The molecule has 28 nitrogen and oxygen atoms in total. The van der Waals surface area contributed by atoms with Crippen LogP contribution in [0.15, 0.2) is 106 Å². The van der Waals surface area contributed by atoms with Crippen LogP contribution in [0.4, 0.5) is 36.4 Å². The normalized spacial score (nSPS) is 16.1. The van der Waals surface area contributed by atoms with Crippen LogP contribution in [0.1, 0.15) is 143 Å². The van der Waals surface area contributed by atoms with Crippen molar-refractivity contribution in [3.63, 3.8) is 0 Å². The monoisotopic (exact) mass is 1650 g/mol. The molecule has 3 aromatic carbocycles. The van der Waals surface area contributed by atoms with Crippen LogP contribution >= 0.6 is 11.6 Å². The molecule has 1 N–H and O–H groups in total. The number of rotatable bonds is 22. The third kappa shape index (κ3) is 19.7. The highest BCUT2D eigenvalue weighted by Crippen LogP contribution is 2.46. The number of anilines is 1. The van der Waals surface area contributed by atoms with Crippen molar-refractivity contribution < 1.29 is 117 Å². The highest BCUT2D eigenvalue weighted by molar-refractivity contribution is 7.92. The molecule has 1 aliphatic carbocycles. The highest BCUT2D eigenvalue weighted by atomic mass is 35.5. The topological polar surface area (TPSA) is 365 Å². The Morgan fingerprint density at radius 1 is 0.759 bits per heavy atom. The van der Waals surface area contributed by atoms with Gasteiger partial charge in [-0.1, -0.05) is 46.2 Å². The Morgan fingerprint density at radius 2 is 1.34 bits per heavy atom. The number of amides is 1. The van der Waals surface area contributed by atoms with Crippen molar-refractivity contribution in [2.24, 2.45) is 20.0 Å². The molecule has 7 aromatic rings. The molecule has 0 radical (unpaired) electrons. The Bertz CT molecular complexity index is 5310. The molecule has 3 aliphatic heterocycles. The number of H-pyrrole nitrogens is 1. The lowest BCUT2D eigenvalue weighted by molar-refractivity contribution is -0.145. The van der Waals surface area contributed by atoms with Gasteiger partial charge in [0, 0.05) is 93.2 Å². The number of aryl methyl sites for hydroxylation is 2. The number of benzene rings is 3. The lowest BCUT2D eigenvalue weighted by atomic mass is 9.81. The Kier molecular flexibility index (Phi) is 27.0. The molecule has 1 saturated carbocycles. The van der Waals surface area contributed by atoms with Gasteiger partial charge in [0.2, 0.25) is 5.88 Å². The van der Waals surface area contributed by atoms with Crippen molar-refractivity contribution in [3.8, 4) is 23.3 Å². The summed E-state index contributed by atoms with van der Waals surface area (Å²) in [6.45, 7) is 13.2. The fraction of sp³-hybridized carbons (Fsp3) is 0.411. The van der Waals surface area contributed by atoms with Gasteiger partial charge in [0.1, 0.15) is 40.0 Å². The zero-order chi connectivity index (χ0) is 83.3. The summed E-state index contributed by atoms with van der Waals surface area (Å²) < 4.78 is 200. The van der Waals surface area contributed by atoms with Gasteiger partial charge in [-0.25, -0.2) is 40.7 Å². The fourth-order valence-corrected chi connectivity index (χ4v) is 18.7. The van der Waals surface area contributed by atoms with E-state index in [2.05, 4.69) is 20.2 Å². The summed E-state index contributed by atoms with van der Waals surface area (Å²) in [5.74, 6) is -7.42. The number of Topliss-reactive ketones (excluding diaryl/α,β-unsaturated/α-hetero) is 3. The van der Waals surface area contributed by atoms with E-state index in [0.717, 1.165) is 35.0 Å². The number of aromatic nitrogens is 6. The van der Waals surface area contributed by atoms with Crippen molar-refractivity contribution >= 4 is 87.9 Å².